The van der Waals surface area contributed by atoms with Crippen molar-refractivity contribution in [2.75, 3.05) is 0 Å². The van der Waals surface area contributed by atoms with E-state index in [2.05, 4.69) is 49.4 Å². The van der Waals surface area contributed by atoms with Gasteiger partial charge in [-0.1, -0.05) is 45.8 Å². The molecule has 0 radical (unpaired) electrons. The summed E-state index contributed by atoms with van der Waals surface area (Å²) in [6, 6.07) is 0. The number of hydrogen-bond acceptors (Lipinski definition) is 0. The molecule has 0 spiro atoms. The van der Waals surface area contributed by atoms with E-state index in [4.69, 9.17) is 0 Å². The second-order valence-corrected chi connectivity index (χ2v) is 3.72. The van der Waals surface area contributed by atoms with Crippen LogP contribution in [0.3, 0.4) is 0 Å². The average molecular weight is 215 g/mol. The van der Waals surface area contributed by atoms with Gasteiger partial charge in [-0.05, 0) is 31.7 Å². The van der Waals surface area contributed by atoms with Gasteiger partial charge in [-0.2, -0.15) is 0 Å². The maximum absolute atomic E-state index is 3.68. The zero-order chi connectivity index (χ0) is 8.85. The van der Waals surface area contributed by atoms with Crippen LogP contribution in [-0.4, -0.2) is 0 Å². The van der Waals surface area contributed by atoms with E-state index in [0.29, 0.717) is 0 Å². The van der Waals surface area contributed by atoms with Crippen LogP contribution in [0, 0.1) is 0 Å². The lowest BCUT2D eigenvalue weighted by atomic mass is 10.2. The molecule has 11 heavy (non-hydrogen) atoms. The third-order valence-electron chi connectivity index (χ3n) is 1.47. The topological polar surface area (TPSA) is 0 Å². The molecule has 0 saturated heterocycles. The summed E-state index contributed by atoms with van der Waals surface area (Å²) in [5.74, 6) is 0. The minimum Gasteiger partial charge on any atom is -0.0988 e. The molecule has 0 atom stereocenters. The van der Waals surface area contributed by atoms with Gasteiger partial charge in [0.1, 0.15) is 0 Å². The predicted molar refractivity (Wildman–Crippen MR) is 55.9 cm³/mol. The summed E-state index contributed by atoms with van der Waals surface area (Å²) in [6.45, 7) is 9.93. The van der Waals surface area contributed by atoms with Gasteiger partial charge in [0.05, 0.1) is 0 Å². The summed E-state index contributed by atoms with van der Waals surface area (Å²) in [4.78, 5) is 0. The Hall–Kier alpha value is -0.300. The molecular weight excluding hydrogens is 200 g/mol. The molecular formula is C10H15Br. The molecule has 0 nitrogen and oxygen atoms in total. The molecule has 0 saturated carbocycles. The molecule has 0 rings (SSSR count). The minimum absolute atomic E-state index is 0.972. The standard InChI is InChI=1S/C10H15Br/c1-5-9(4)6-7-10(11)8(2)3/h5-6H,1,7H2,2-4H3. The van der Waals surface area contributed by atoms with E-state index >= 15 is 0 Å². The summed E-state index contributed by atoms with van der Waals surface area (Å²) in [5, 5.41) is 0. The maximum Gasteiger partial charge on any atom is -0.00250 e. The molecule has 0 aliphatic rings. The number of rotatable bonds is 3. The highest BCUT2D eigenvalue weighted by molar-refractivity contribution is 9.11. The van der Waals surface area contributed by atoms with Gasteiger partial charge in [0.25, 0.3) is 0 Å². The Morgan fingerprint density at radius 3 is 2.27 bits per heavy atom. The van der Waals surface area contributed by atoms with Crippen LogP contribution >= 0.6 is 15.9 Å². The Balaban J connectivity index is 4.09. The molecule has 62 valence electrons. The van der Waals surface area contributed by atoms with Gasteiger partial charge in [-0.3, -0.25) is 0 Å². The summed E-state index contributed by atoms with van der Waals surface area (Å²) < 4.78 is 1.26. The van der Waals surface area contributed by atoms with Crippen LogP contribution in [0.25, 0.3) is 0 Å². The third kappa shape index (κ3) is 5.02. The first kappa shape index (κ1) is 10.7. The second kappa shape index (κ2) is 5.36. The number of hydrogen-bond donors (Lipinski definition) is 0. The van der Waals surface area contributed by atoms with Crippen LogP contribution in [0.5, 0.6) is 0 Å². The van der Waals surface area contributed by atoms with E-state index in [1.54, 1.807) is 0 Å². The average Bonchev–Trinajstić information content (AvgIpc) is 1.99. The largest absolute Gasteiger partial charge is 0.0988 e. The van der Waals surface area contributed by atoms with Gasteiger partial charge in [-0.25, -0.2) is 0 Å². The fourth-order valence-corrected chi connectivity index (χ4v) is 0.700. The van der Waals surface area contributed by atoms with Gasteiger partial charge in [0.15, 0.2) is 0 Å². The molecule has 0 fully saturated rings. The molecule has 1 heteroatoms. The van der Waals surface area contributed by atoms with E-state index in [9.17, 15) is 0 Å². The fraction of sp³-hybridized carbons (Fsp3) is 0.400. The van der Waals surface area contributed by atoms with Crippen molar-refractivity contribution in [3.63, 3.8) is 0 Å². The first-order chi connectivity index (χ1) is 5.07. The van der Waals surface area contributed by atoms with Gasteiger partial charge in [0.2, 0.25) is 0 Å². The lowest BCUT2D eigenvalue weighted by Crippen LogP contribution is -1.74. The lowest BCUT2D eigenvalue weighted by Gasteiger charge is -1.97. The van der Waals surface area contributed by atoms with Crippen molar-refractivity contribution in [1.82, 2.24) is 0 Å². The molecule has 0 N–H and O–H groups in total. The molecule has 0 bridgehead atoms. The molecule has 0 amide bonds. The zero-order valence-electron chi connectivity index (χ0n) is 7.45. The smallest absolute Gasteiger partial charge is 0.00250 e. The summed E-state index contributed by atoms with van der Waals surface area (Å²) in [6.07, 6.45) is 5.00. The molecule has 0 aromatic rings. The Bertz CT molecular complexity index is 193. The molecule has 0 aromatic carbocycles. The second-order valence-electron chi connectivity index (χ2n) is 2.76. The molecule has 0 unspecified atom stereocenters. The molecule has 0 aliphatic heterocycles. The van der Waals surface area contributed by atoms with Gasteiger partial charge in [-0.15, -0.1) is 0 Å². The van der Waals surface area contributed by atoms with Crippen molar-refractivity contribution < 1.29 is 0 Å². The summed E-state index contributed by atoms with van der Waals surface area (Å²) in [7, 11) is 0. The van der Waals surface area contributed by atoms with Crippen molar-refractivity contribution in [2.45, 2.75) is 27.2 Å². The fourth-order valence-electron chi connectivity index (χ4n) is 0.538. The summed E-state index contributed by atoms with van der Waals surface area (Å²) >= 11 is 3.50. The van der Waals surface area contributed by atoms with Crippen LogP contribution in [0.1, 0.15) is 27.2 Å². The normalized spacial score (nSPS) is 11.1. The Morgan fingerprint density at radius 2 is 1.91 bits per heavy atom. The van der Waals surface area contributed by atoms with E-state index in [1.807, 2.05) is 6.08 Å². The summed E-state index contributed by atoms with van der Waals surface area (Å²) in [5.41, 5.74) is 2.56. The predicted octanol–water partition coefficient (Wildman–Crippen LogP) is 4.20. The third-order valence-corrected chi connectivity index (χ3v) is 2.58. The van der Waals surface area contributed by atoms with E-state index in [1.165, 1.54) is 15.6 Å². The minimum atomic E-state index is 0.972. The van der Waals surface area contributed by atoms with Crippen molar-refractivity contribution in [1.29, 1.82) is 0 Å². The highest BCUT2D eigenvalue weighted by Gasteiger charge is 1.90. The molecule has 0 aliphatic carbocycles. The first-order valence-electron chi connectivity index (χ1n) is 3.69. The Morgan fingerprint density at radius 1 is 1.36 bits per heavy atom. The van der Waals surface area contributed by atoms with Crippen molar-refractivity contribution in [2.24, 2.45) is 0 Å². The van der Waals surface area contributed by atoms with Gasteiger partial charge in [0, 0.05) is 0 Å². The highest BCUT2D eigenvalue weighted by Crippen LogP contribution is 2.16. The van der Waals surface area contributed by atoms with E-state index < -0.39 is 0 Å². The van der Waals surface area contributed by atoms with Gasteiger partial charge < -0.3 is 0 Å². The van der Waals surface area contributed by atoms with E-state index in [0.717, 1.165) is 6.42 Å². The van der Waals surface area contributed by atoms with Gasteiger partial charge >= 0.3 is 0 Å². The maximum atomic E-state index is 3.68. The molecule has 0 heterocycles. The quantitative estimate of drug-likeness (QED) is 0.619. The monoisotopic (exact) mass is 214 g/mol. The van der Waals surface area contributed by atoms with Crippen LogP contribution in [-0.2, 0) is 0 Å². The van der Waals surface area contributed by atoms with Crippen LogP contribution in [0.2, 0.25) is 0 Å². The Labute approximate surface area is 77.8 Å². The lowest BCUT2D eigenvalue weighted by molar-refractivity contribution is 1.24. The number of allylic oxidation sites excluding steroid dienone is 5. The highest BCUT2D eigenvalue weighted by atomic mass is 79.9. The SMILES string of the molecule is C=CC(C)=CCC(Br)=C(C)C. The van der Waals surface area contributed by atoms with Crippen molar-refractivity contribution >= 4 is 15.9 Å². The number of halogens is 1. The zero-order valence-corrected chi connectivity index (χ0v) is 9.03. The van der Waals surface area contributed by atoms with E-state index in [-0.39, 0.29) is 0 Å². The first-order valence-corrected chi connectivity index (χ1v) is 4.48. The van der Waals surface area contributed by atoms with Crippen LogP contribution in [0.15, 0.2) is 34.4 Å². The molecule has 0 aromatic heterocycles. The van der Waals surface area contributed by atoms with Crippen LogP contribution < -0.4 is 0 Å². The van der Waals surface area contributed by atoms with Crippen molar-refractivity contribution in [3.8, 4) is 0 Å². The van der Waals surface area contributed by atoms with Crippen molar-refractivity contribution in [3.05, 3.63) is 34.4 Å². The Kier molecular flexibility index (Phi) is 5.22. The van der Waals surface area contributed by atoms with Crippen LogP contribution in [0.4, 0.5) is 0 Å².